The van der Waals surface area contributed by atoms with Crippen LogP contribution in [0.3, 0.4) is 0 Å². The number of amides is 1. The summed E-state index contributed by atoms with van der Waals surface area (Å²) in [6.07, 6.45) is 10.8. The van der Waals surface area contributed by atoms with E-state index in [1.165, 1.54) is 49.9 Å². The predicted octanol–water partition coefficient (Wildman–Crippen LogP) is 6.21. The largest absolute Gasteiger partial charge is 0.356 e. The molecule has 1 amide bonds. The van der Waals surface area contributed by atoms with Crippen LogP contribution in [0.15, 0.2) is 54.6 Å². The Bertz CT molecular complexity index is 1220. The van der Waals surface area contributed by atoms with E-state index in [0.717, 1.165) is 59.9 Å². The third-order valence-corrected chi connectivity index (χ3v) is 7.66. The molecule has 2 aliphatic rings. The molecule has 5 heteroatoms. The van der Waals surface area contributed by atoms with Crippen LogP contribution in [0.1, 0.15) is 55.7 Å². The first-order valence-electron chi connectivity index (χ1n) is 13.6. The number of carbonyl (C=O) groups is 1. The Kier molecular flexibility index (Phi) is 7.66. The van der Waals surface area contributed by atoms with Gasteiger partial charge < -0.3 is 15.1 Å². The summed E-state index contributed by atoms with van der Waals surface area (Å²) < 4.78 is 0. The van der Waals surface area contributed by atoms with Crippen LogP contribution in [-0.2, 0) is 11.2 Å². The lowest BCUT2D eigenvalue weighted by molar-refractivity contribution is -0.111. The van der Waals surface area contributed by atoms with Gasteiger partial charge >= 0.3 is 0 Å². The standard InChI is InChI=1S/C31H38N4O/c1-3-6-24-7-9-25(10-8-24)11-14-31(36)32-26-12-13-29-28(22-26)23(2)21-30(33-29)35-19-15-27(16-20-35)34-17-4-5-18-34/h7-14,21-22,27H,3-6,15-20H2,1-2H3,(H,32,36)/b14-11+. The molecule has 0 bridgehead atoms. The maximum Gasteiger partial charge on any atom is 0.248 e. The minimum Gasteiger partial charge on any atom is -0.356 e. The van der Waals surface area contributed by atoms with Gasteiger partial charge in [-0.2, -0.15) is 0 Å². The summed E-state index contributed by atoms with van der Waals surface area (Å²) in [5, 5.41) is 4.09. The smallest absolute Gasteiger partial charge is 0.248 e. The summed E-state index contributed by atoms with van der Waals surface area (Å²) in [5.74, 6) is 0.944. The van der Waals surface area contributed by atoms with Gasteiger partial charge in [0.1, 0.15) is 5.82 Å². The maximum atomic E-state index is 12.5. The molecular formula is C31H38N4O. The fraction of sp³-hybridized carbons (Fsp3) is 0.419. The van der Waals surface area contributed by atoms with Crippen molar-refractivity contribution in [2.24, 2.45) is 0 Å². The van der Waals surface area contributed by atoms with Crippen LogP contribution >= 0.6 is 0 Å². The lowest BCUT2D eigenvalue weighted by Crippen LogP contribution is -2.44. The predicted molar refractivity (Wildman–Crippen MR) is 151 cm³/mol. The lowest BCUT2D eigenvalue weighted by atomic mass is 10.0. The Morgan fingerprint density at radius 2 is 1.78 bits per heavy atom. The number of piperidine rings is 1. The third kappa shape index (κ3) is 5.79. The number of aromatic nitrogens is 1. The molecule has 2 aliphatic heterocycles. The van der Waals surface area contributed by atoms with Crippen LogP contribution in [-0.4, -0.2) is 48.0 Å². The molecule has 3 heterocycles. The molecule has 5 rings (SSSR count). The number of hydrogen-bond acceptors (Lipinski definition) is 4. The number of anilines is 2. The van der Waals surface area contributed by atoms with E-state index in [0.29, 0.717) is 0 Å². The van der Waals surface area contributed by atoms with Crippen molar-refractivity contribution < 1.29 is 4.79 Å². The van der Waals surface area contributed by atoms with Gasteiger partial charge in [-0.15, -0.1) is 0 Å². The van der Waals surface area contributed by atoms with Gasteiger partial charge in [0.05, 0.1) is 5.52 Å². The molecule has 0 aliphatic carbocycles. The zero-order valence-electron chi connectivity index (χ0n) is 21.7. The van der Waals surface area contributed by atoms with Crippen LogP contribution in [0.5, 0.6) is 0 Å². The molecule has 2 aromatic carbocycles. The van der Waals surface area contributed by atoms with Crippen molar-refractivity contribution in [3.8, 4) is 0 Å². The second-order valence-corrected chi connectivity index (χ2v) is 10.3. The summed E-state index contributed by atoms with van der Waals surface area (Å²) in [6, 6.07) is 17.3. The molecule has 2 saturated heterocycles. The fourth-order valence-corrected chi connectivity index (χ4v) is 5.62. The summed E-state index contributed by atoms with van der Waals surface area (Å²) in [4.78, 5) is 22.6. The van der Waals surface area contributed by atoms with E-state index in [2.05, 4.69) is 59.3 Å². The first-order chi connectivity index (χ1) is 17.6. The van der Waals surface area contributed by atoms with Crippen LogP contribution < -0.4 is 10.2 Å². The number of aryl methyl sites for hydroxylation is 2. The molecule has 3 aromatic rings. The molecule has 0 spiro atoms. The molecule has 0 atom stereocenters. The maximum absolute atomic E-state index is 12.5. The Labute approximate surface area is 215 Å². The Hall–Kier alpha value is -3.18. The quantitative estimate of drug-likeness (QED) is 0.407. The first kappa shape index (κ1) is 24.5. The Morgan fingerprint density at radius 1 is 1.03 bits per heavy atom. The molecule has 1 N–H and O–H groups in total. The highest BCUT2D eigenvalue weighted by Crippen LogP contribution is 2.28. The van der Waals surface area contributed by atoms with Crippen molar-refractivity contribution in [3.05, 3.63) is 71.3 Å². The van der Waals surface area contributed by atoms with Crippen molar-refractivity contribution >= 4 is 34.4 Å². The molecular weight excluding hydrogens is 444 g/mol. The van der Waals surface area contributed by atoms with Gasteiger partial charge in [0.25, 0.3) is 0 Å². The average Bonchev–Trinajstić information content (AvgIpc) is 3.44. The number of likely N-dealkylation sites (tertiary alicyclic amines) is 1. The van der Waals surface area contributed by atoms with Crippen LogP contribution in [0, 0.1) is 6.92 Å². The molecule has 5 nitrogen and oxygen atoms in total. The highest BCUT2D eigenvalue weighted by atomic mass is 16.1. The molecule has 0 saturated carbocycles. The summed E-state index contributed by atoms with van der Waals surface area (Å²) in [5.41, 5.74) is 5.32. The minimum atomic E-state index is -0.130. The van der Waals surface area contributed by atoms with E-state index >= 15 is 0 Å². The third-order valence-electron chi connectivity index (χ3n) is 7.66. The average molecular weight is 483 g/mol. The molecule has 0 radical (unpaired) electrons. The summed E-state index contributed by atoms with van der Waals surface area (Å²) in [6.45, 7) is 9.01. The summed E-state index contributed by atoms with van der Waals surface area (Å²) >= 11 is 0. The minimum absolute atomic E-state index is 0.130. The van der Waals surface area contributed by atoms with E-state index in [4.69, 9.17) is 4.98 Å². The van der Waals surface area contributed by atoms with E-state index in [9.17, 15) is 4.79 Å². The van der Waals surface area contributed by atoms with Gasteiger partial charge in [-0.25, -0.2) is 4.98 Å². The van der Waals surface area contributed by atoms with Crippen molar-refractivity contribution in [2.75, 3.05) is 36.4 Å². The number of nitrogens with zero attached hydrogens (tertiary/aromatic N) is 3. The molecule has 2 fully saturated rings. The van der Waals surface area contributed by atoms with E-state index in [1.54, 1.807) is 6.08 Å². The monoisotopic (exact) mass is 482 g/mol. The van der Waals surface area contributed by atoms with E-state index in [-0.39, 0.29) is 5.91 Å². The number of carbonyl (C=O) groups excluding carboxylic acids is 1. The van der Waals surface area contributed by atoms with Crippen LogP contribution in [0.25, 0.3) is 17.0 Å². The van der Waals surface area contributed by atoms with Gasteiger partial charge in [-0.1, -0.05) is 37.6 Å². The van der Waals surface area contributed by atoms with Crippen molar-refractivity contribution in [3.63, 3.8) is 0 Å². The zero-order valence-corrected chi connectivity index (χ0v) is 21.7. The second-order valence-electron chi connectivity index (χ2n) is 10.3. The van der Waals surface area contributed by atoms with Crippen molar-refractivity contribution in [2.45, 2.75) is 58.4 Å². The highest BCUT2D eigenvalue weighted by Gasteiger charge is 2.27. The normalized spacial score (nSPS) is 17.3. The Morgan fingerprint density at radius 3 is 2.50 bits per heavy atom. The van der Waals surface area contributed by atoms with E-state index < -0.39 is 0 Å². The van der Waals surface area contributed by atoms with Gasteiger partial charge in [0.15, 0.2) is 0 Å². The SMILES string of the molecule is CCCc1ccc(/C=C/C(=O)Nc2ccc3nc(N4CCC(N5CCCC5)CC4)cc(C)c3c2)cc1. The molecule has 1 aromatic heterocycles. The van der Waals surface area contributed by atoms with Crippen molar-refractivity contribution in [1.82, 2.24) is 9.88 Å². The Balaban J connectivity index is 1.22. The highest BCUT2D eigenvalue weighted by molar-refractivity contribution is 6.03. The van der Waals surface area contributed by atoms with Gasteiger partial charge in [0.2, 0.25) is 5.91 Å². The number of nitrogens with one attached hydrogen (secondary N) is 1. The van der Waals surface area contributed by atoms with Crippen LogP contribution in [0.2, 0.25) is 0 Å². The summed E-state index contributed by atoms with van der Waals surface area (Å²) in [7, 11) is 0. The molecule has 0 unspecified atom stereocenters. The van der Waals surface area contributed by atoms with Crippen molar-refractivity contribution in [1.29, 1.82) is 0 Å². The van der Waals surface area contributed by atoms with E-state index in [1.807, 2.05) is 24.3 Å². The topological polar surface area (TPSA) is 48.5 Å². The first-order valence-corrected chi connectivity index (χ1v) is 13.6. The van der Waals surface area contributed by atoms with Gasteiger partial charge in [-0.05, 0) is 99.1 Å². The number of benzene rings is 2. The zero-order chi connectivity index (χ0) is 24.9. The van der Waals surface area contributed by atoms with Crippen LogP contribution in [0.4, 0.5) is 11.5 Å². The van der Waals surface area contributed by atoms with Gasteiger partial charge in [-0.3, -0.25) is 4.79 Å². The molecule has 36 heavy (non-hydrogen) atoms. The number of hydrogen-bond donors (Lipinski definition) is 1. The van der Waals surface area contributed by atoms with Gasteiger partial charge in [0, 0.05) is 36.3 Å². The number of fused-ring (bicyclic) bond motifs is 1. The fourth-order valence-electron chi connectivity index (χ4n) is 5.62. The molecule has 188 valence electrons. The lowest BCUT2D eigenvalue weighted by Gasteiger charge is -2.37. The second kappa shape index (κ2) is 11.3. The number of rotatable bonds is 7. The number of pyridine rings is 1.